The van der Waals surface area contributed by atoms with Crippen molar-refractivity contribution < 1.29 is 23.7 Å². The maximum atomic E-state index is 13.2. The number of nitrogen functional groups attached to an aromatic ring is 1. The molecule has 3 aromatic rings. The van der Waals surface area contributed by atoms with Crippen molar-refractivity contribution in [2.45, 2.75) is 46.6 Å². The fourth-order valence-corrected chi connectivity index (χ4v) is 4.98. The molecule has 0 spiro atoms. The Hall–Kier alpha value is -4.07. The lowest BCUT2D eigenvalue weighted by atomic mass is 9.86. The second kappa shape index (κ2) is 14.4. The van der Waals surface area contributed by atoms with E-state index in [9.17, 15) is 4.79 Å². The van der Waals surface area contributed by atoms with Gasteiger partial charge in [-0.1, -0.05) is 26.0 Å². The Kier molecular flexibility index (Phi) is 10.9. The van der Waals surface area contributed by atoms with E-state index in [1.54, 1.807) is 21.3 Å². The molecule has 0 aliphatic carbocycles. The van der Waals surface area contributed by atoms with Crippen molar-refractivity contribution in [3.8, 4) is 23.0 Å². The minimum absolute atomic E-state index is 0.0889. The molecule has 0 saturated carbocycles. The zero-order chi connectivity index (χ0) is 29.2. The standard InChI is InChI=1S/C30H37N3O5.C2H6/c1-6-32-30(34)33-13-11-21-17-27(37-5)28(38-14-12-20-7-10-25(31)26(16-20)36-4)18-24(21)29(33)23-9-8-22(35-3)15-19(23)2;1-2/h7-10,15-18,29H,6,11-14,31H2,1-5H3,(H,32,34);1-2H3. The fourth-order valence-electron chi connectivity index (χ4n) is 4.98. The van der Waals surface area contributed by atoms with Gasteiger partial charge in [-0.15, -0.1) is 0 Å². The summed E-state index contributed by atoms with van der Waals surface area (Å²) >= 11 is 0. The predicted octanol–water partition coefficient (Wildman–Crippen LogP) is 5.93. The Morgan fingerprint density at radius 1 is 0.950 bits per heavy atom. The number of fused-ring (bicyclic) bond motifs is 1. The third kappa shape index (κ3) is 6.73. The third-order valence-corrected chi connectivity index (χ3v) is 6.96. The quantitative estimate of drug-likeness (QED) is 0.322. The highest BCUT2D eigenvalue weighted by atomic mass is 16.5. The van der Waals surface area contributed by atoms with E-state index in [4.69, 9.17) is 24.7 Å². The van der Waals surface area contributed by atoms with Gasteiger partial charge in [-0.25, -0.2) is 4.79 Å². The normalized spacial score (nSPS) is 13.9. The number of rotatable bonds is 9. The number of methoxy groups -OCH3 is 3. The molecular weight excluding hydrogens is 506 g/mol. The summed E-state index contributed by atoms with van der Waals surface area (Å²) in [6.45, 7) is 9.57. The molecule has 1 aliphatic heterocycles. The number of carbonyl (C=O) groups excluding carboxylic acids is 1. The van der Waals surface area contributed by atoms with Crippen LogP contribution in [0.5, 0.6) is 23.0 Å². The molecule has 1 aliphatic rings. The molecule has 0 aromatic heterocycles. The summed E-state index contributed by atoms with van der Waals surface area (Å²) in [4.78, 5) is 15.1. The van der Waals surface area contributed by atoms with Crippen LogP contribution in [0.1, 0.15) is 54.6 Å². The molecule has 0 radical (unpaired) electrons. The van der Waals surface area contributed by atoms with Gasteiger partial charge in [0, 0.05) is 19.5 Å². The number of aryl methyl sites for hydroxylation is 1. The van der Waals surface area contributed by atoms with Crippen molar-refractivity contribution >= 4 is 11.7 Å². The summed E-state index contributed by atoms with van der Waals surface area (Å²) in [5.41, 5.74) is 11.9. The van der Waals surface area contributed by atoms with Crippen LogP contribution in [0.4, 0.5) is 10.5 Å². The van der Waals surface area contributed by atoms with E-state index >= 15 is 0 Å². The summed E-state index contributed by atoms with van der Waals surface area (Å²) in [5, 5.41) is 2.98. The molecule has 1 atom stereocenters. The zero-order valence-electron chi connectivity index (χ0n) is 24.8. The van der Waals surface area contributed by atoms with Crippen LogP contribution in [0.15, 0.2) is 48.5 Å². The molecule has 0 saturated heterocycles. The monoisotopic (exact) mass is 549 g/mol. The first-order valence-electron chi connectivity index (χ1n) is 13.8. The summed E-state index contributed by atoms with van der Waals surface area (Å²) in [6, 6.07) is 15.4. The summed E-state index contributed by atoms with van der Waals surface area (Å²) in [7, 11) is 4.91. The topological polar surface area (TPSA) is 95.3 Å². The highest BCUT2D eigenvalue weighted by Gasteiger charge is 2.34. The van der Waals surface area contributed by atoms with Crippen molar-refractivity contribution in [1.29, 1.82) is 0 Å². The zero-order valence-corrected chi connectivity index (χ0v) is 24.8. The van der Waals surface area contributed by atoms with Crippen molar-refractivity contribution in [2.75, 3.05) is 46.8 Å². The maximum absolute atomic E-state index is 13.2. The highest BCUT2D eigenvalue weighted by Crippen LogP contribution is 2.42. The van der Waals surface area contributed by atoms with Gasteiger partial charge in [-0.2, -0.15) is 0 Å². The second-order valence-corrected chi connectivity index (χ2v) is 9.28. The molecule has 1 heterocycles. The number of amides is 2. The average Bonchev–Trinajstić information content (AvgIpc) is 2.98. The molecule has 4 rings (SSSR count). The van der Waals surface area contributed by atoms with E-state index in [-0.39, 0.29) is 12.1 Å². The van der Waals surface area contributed by atoms with Crippen molar-refractivity contribution in [3.63, 3.8) is 0 Å². The number of nitrogens with two attached hydrogens (primary N) is 1. The van der Waals surface area contributed by atoms with Crippen LogP contribution in [0.2, 0.25) is 0 Å². The molecule has 1 unspecified atom stereocenters. The number of benzene rings is 3. The number of anilines is 1. The molecular formula is C32H43N3O5. The van der Waals surface area contributed by atoms with Gasteiger partial charge in [-0.05, 0) is 84.5 Å². The molecule has 2 amide bonds. The number of hydrogen-bond donors (Lipinski definition) is 2. The van der Waals surface area contributed by atoms with E-state index in [1.807, 2.05) is 81.1 Å². The molecule has 3 N–H and O–H groups in total. The largest absolute Gasteiger partial charge is 0.497 e. The lowest BCUT2D eigenvalue weighted by molar-refractivity contribution is 0.180. The molecule has 3 aromatic carbocycles. The number of ether oxygens (including phenoxy) is 4. The van der Waals surface area contributed by atoms with E-state index in [1.165, 1.54) is 0 Å². The van der Waals surface area contributed by atoms with Crippen LogP contribution in [0.3, 0.4) is 0 Å². The van der Waals surface area contributed by atoms with Crippen LogP contribution >= 0.6 is 0 Å². The average molecular weight is 550 g/mol. The first-order valence-corrected chi connectivity index (χ1v) is 13.8. The van der Waals surface area contributed by atoms with E-state index < -0.39 is 0 Å². The van der Waals surface area contributed by atoms with Gasteiger partial charge >= 0.3 is 6.03 Å². The summed E-state index contributed by atoms with van der Waals surface area (Å²) in [5.74, 6) is 2.75. The van der Waals surface area contributed by atoms with Gasteiger partial charge in [0.15, 0.2) is 11.5 Å². The number of carbonyl (C=O) groups is 1. The van der Waals surface area contributed by atoms with Crippen LogP contribution in [-0.4, -0.2) is 52.0 Å². The van der Waals surface area contributed by atoms with Gasteiger partial charge in [0.05, 0.1) is 39.7 Å². The maximum Gasteiger partial charge on any atom is 0.318 e. The SMILES string of the molecule is CC.CCNC(=O)N1CCc2cc(OC)c(OCCc3ccc(N)c(OC)c3)cc2C1c1ccc(OC)cc1C. The van der Waals surface area contributed by atoms with E-state index in [0.717, 1.165) is 40.0 Å². The number of nitrogens with one attached hydrogen (secondary N) is 1. The number of urea groups is 1. The van der Waals surface area contributed by atoms with Crippen molar-refractivity contribution in [3.05, 3.63) is 76.3 Å². The van der Waals surface area contributed by atoms with Gasteiger partial charge < -0.3 is 34.9 Å². The number of hydrogen-bond acceptors (Lipinski definition) is 6. The first-order chi connectivity index (χ1) is 19.4. The Morgan fingerprint density at radius 3 is 2.35 bits per heavy atom. The summed E-state index contributed by atoms with van der Waals surface area (Å²) in [6.07, 6.45) is 1.39. The molecule has 216 valence electrons. The Morgan fingerprint density at radius 2 is 1.70 bits per heavy atom. The lowest BCUT2D eigenvalue weighted by Crippen LogP contribution is -2.46. The third-order valence-electron chi connectivity index (χ3n) is 6.96. The molecule has 40 heavy (non-hydrogen) atoms. The lowest BCUT2D eigenvalue weighted by Gasteiger charge is -2.38. The van der Waals surface area contributed by atoms with E-state index in [0.29, 0.717) is 49.1 Å². The smallest absolute Gasteiger partial charge is 0.318 e. The first kappa shape index (κ1) is 30.5. The molecule has 8 heteroatoms. The van der Waals surface area contributed by atoms with Gasteiger partial charge in [-0.3, -0.25) is 0 Å². The minimum atomic E-state index is -0.272. The molecule has 0 bridgehead atoms. The van der Waals surface area contributed by atoms with Crippen LogP contribution < -0.4 is 30.0 Å². The van der Waals surface area contributed by atoms with Crippen LogP contribution in [-0.2, 0) is 12.8 Å². The minimum Gasteiger partial charge on any atom is -0.497 e. The van der Waals surface area contributed by atoms with Crippen molar-refractivity contribution in [2.24, 2.45) is 0 Å². The fraction of sp³-hybridized carbons (Fsp3) is 0.406. The molecule has 8 nitrogen and oxygen atoms in total. The van der Waals surface area contributed by atoms with Crippen molar-refractivity contribution in [1.82, 2.24) is 10.2 Å². The van der Waals surface area contributed by atoms with E-state index in [2.05, 4.69) is 5.32 Å². The van der Waals surface area contributed by atoms with Gasteiger partial charge in [0.1, 0.15) is 11.5 Å². The van der Waals surface area contributed by atoms with Gasteiger partial charge in [0.2, 0.25) is 0 Å². The summed E-state index contributed by atoms with van der Waals surface area (Å²) < 4.78 is 22.7. The Bertz CT molecular complexity index is 1290. The number of nitrogens with zero attached hydrogens (tertiary/aromatic N) is 1. The van der Waals surface area contributed by atoms with Gasteiger partial charge in [0.25, 0.3) is 0 Å². The highest BCUT2D eigenvalue weighted by molar-refractivity contribution is 5.76. The Labute approximate surface area is 238 Å². The Balaban J connectivity index is 0.00000216. The van der Waals surface area contributed by atoms with Crippen LogP contribution in [0, 0.1) is 6.92 Å². The predicted molar refractivity (Wildman–Crippen MR) is 160 cm³/mol. The molecule has 0 fully saturated rings. The second-order valence-electron chi connectivity index (χ2n) is 9.28. The van der Waals surface area contributed by atoms with Crippen LogP contribution in [0.25, 0.3) is 0 Å².